The van der Waals surface area contributed by atoms with E-state index in [9.17, 15) is 4.79 Å². The molecule has 0 unspecified atom stereocenters. The Kier molecular flexibility index (Phi) is 4.32. The number of rotatable bonds is 3. The molecule has 0 saturated carbocycles. The first-order chi connectivity index (χ1) is 12.1. The standard InChI is InChI=1S/C20H25N3O2/c1-13(2)18-21-19(25-22-18)15-8-10-23(11-9-15)20(24)17-7-6-14-4-3-5-16(14)12-17/h6-7,12-13,15H,3-5,8-11H2,1-2H3. The second kappa shape index (κ2) is 6.62. The number of hydrogen-bond acceptors (Lipinski definition) is 4. The molecule has 1 aromatic carbocycles. The van der Waals surface area contributed by atoms with Crippen molar-refractivity contribution in [3.05, 3.63) is 46.6 Å². The summed E-state index contributed by atoms with van der Waals surface area (Å²) < 4.78 is 5.43. The van der Waals surface area contributed by atoms with Crippen molar-refractivity contribution in [2.24, 2.45) is 0 Å². The fourth-order valence-electron chi connectivity index (χ4n) is 3.86. The van der Waals surface area contributed by atoms with Crippen LogP contribution in [0.1, 0.15) is 78.1 Å². The van der Waals surface area contributed by atoms with Crippen LogP contribution in [0.4, 0.5) is 0 Å². The number of amides is 1. The zero-order valence-corrected chi connectivity index (χ0v) is 15.0. The Hall–Kier alpha value is -2.17. The van der Waals surface area contributed by atoms with Crippen molar-refractivity contribution in [1.29, 1.82) is 0 Å². The maximum Gasteiger partial charge on any atom is 0.253 e. The zero-order valence-electron chi connectivity index (χ0n) is 15.0. The van der Waals surface area contributed by atoms with Crippen LogP contribution in [0.3, 0.4) is 0 Å². The number of hydrogen-bond donors (Lipinski definition) is 0. The molecule has 132 valence electrons. The molecule has 0 atom stereocenters. The molecule has 0 spiro atoms. The lowest BCUT2D eigenvalue weighted by Gasteiger charge is -2.30. The zero-order chi connectivity index (χ0) is 17.4. The molecule has 1 saturated heterocycles. The number of aromatic nitrogens is 2. The summed E-state index contributed by atoms with van der Waals surface area (Å²) in [6.07, 6.45) is 5.24. The normalized spacial score (nSPS) is 18.0. The Morgan fingerprint density at radius 2 is 1.96 bits per heavy atom. The minimum atomic E-state index is 0.154. The molecule has 2 aromatic rings. The Labute approximate surface area is 148 Å². The van der Waals surface area contributed by atoms with Crippen LogP contribution in [0, 0.1) is 0 Å². The molecule has 1 amide bonds. The number of piperidine rings is 1. The number of likely N-dealkylation sites (tertiary alicyclic amines) is 1. The molecule has 1 aromatic heterocycles. The van der Waals surface area contributed by atoms with E-state index in [1.807, 2.05) is 11.0 Å². The molecule has 0 N–H and O–H groups in total. The van der Waals surface area contributed by atoms with Crippen LogP contribution < -0.4 is 0 Å². The topological polar surface area (TPSA) is 59.2 Å². The van der Waals surface area contributed by atoms with Gasteiger partial charge in [0.25, 0.3) is 5.91 Å². The van der Waals surface area contributed by atoms with Crippen molar-refractivity contribution < 1.29 is 9.32 Å². The van der Waals surface area contributed by atoms with E-state index in [-0.39, 0.29) is 17.7 Å². The van der Waals surface area contributed by atoms with Crippen molar-refractivity contribution in [3.63, 3.8) is 0 Å². The molecular weight excluding hydrogens is 314 g/mol. The summed E-state index contributed by atoms with van der Waals surface area (Å²) in [6.45, 7) is 5.62. The van der Waals surface area contributed by atoms with E-state index in [2.05, 4.69) is 36.1 Å². The van der Waals surface area contributed by atoms with Gasteiger partial charge in [-0.15, -0.1) is 0 Å². The first-order valence-electron chi connectivity index (χ1n) is 9.36. The fraction of sp³-hybridized carbons (Fsp3) is 0.550. The summed E-state index contributed by atoms with van der Waals surface area (Å²) >= 11 is 0. The van der Waals surface area contributed by atoms with Crippen LogP contribution in [0.2, 0.25) is 0 Å². The van der Waals surface area contributed by atoms with E-state index in [4.69, 9.17) is 4.52 Å². The first-order valence-corrected chi connectivity index (χ1v) is 9.36. The van der Waals surface area contributed by atoms with Gasteiger partial charge in [0.05, 0.1) is 0 Å². The average Bonchev–Trinajstić information content (AvgIpc) is 3.30. The van der Waals surface area contributed by atoms with Gasteiger partial charge in [-0.25, -0.2) is 0 Å². The lowest BCUT2D eigenvalue weighted by Crippen LogP contribution is -2.38. The highest BCUT2D eigenvalue weighted by atomic mass is 16.5. The molecule has 1 aliphatic heterocycles. The summed E-state index contributed by atoms with van der Waals surface area (Å²) in [4.78, 5) is 19.3. The van der Waals surface area contributed by atoms with Gasteiger partial charge >= 0.3 is 0 Å². The molecule has 4 rings (SSSR count). The van der Waals surface area contributed by atoms with E-state index < -0.39 is 0 Å². The molecule has 5 nitrogen and oxygen atoms in total. The summed E-state index contributed by atoms with van der Waals surface area (Å²) in [6, 6.07) is 6.23. The maximum absolute atomic E-state index is 12.8. The minimum Gasteiger partial charge on any atom is -0.339 e. The van der Waals surface area contributed by atoms with E-state index in [0.29, 0.717) is 0 Å². The van der Waals surface area contributed by atoms with E-state index in [0.717, 1.165) is 56.1 Å². The summed E-state index contributed by atoms with van der Waals surface area (Å²) in [5, 5.41) is 4.06. The van der Waals surface area contributed by atoms with Crippen LogP contribution in [0.5, 0.6) is 0 Å². The van der Waals surface area contributed by atoms with Crippen LogP contribution in [-0.2, 0) is 12.8 Å². The lowest BCUT2D eigenvalue weighted by atomic mass is 9.96. The summed E-state index contributed by atoms with van der Waals surface area (Å²) in [5.74, 6) is 2.20. The third-order valence-corrected chi connectivity index (χ3v) is 5.45. The first kappa shape index (κ1) is 16.3. The fourth-order valence-corrected chi connectivity index (χ4v) is 3.86. The highest BCUT2D eigenvalue weighted by Crippen LogP contribution is 2.29. The third-order valence-electron chi connectivity index (χ3n) is 5.45. The molecule has 25 heavy (non-hydrogen) atoms. The second-order valence-electron chi connectivity index (χ2n) is 7.55. The largest absolute Gasteiger partial charge is 0.339 e. The van der Waals surface area contributed by atoms with Crippen molar-refractivity contribution in [2.75, 3.05) is 13.1 Å². The molecule has 0 radical (unpaired) electrons. The second-order valence-corrected chi connectivity index (χ2v) is 7.55. The predicted molar refractivity (Wildman–Crippen MR) is 94.7 cm³/mol. The van der Waals surface area contributed by atoms with Gasteiger partial charge in [0.15, 0.2) is 5.82 Å². The number of fused-ring (bicyclic) bond motifs is 1. The number of benzene rings is 1. The predicted octanol–water partition coefficient (Wildman–Crippen LogP) is 3.70. The number of aryl methyl sites for hydroxylation is 2. The van der Waals surface area contributed by atoms with Gasteiger partial charge in [0.1, 0.15) is 0 Å². The lowest BCUT2D eigenvalue weighted by molar-refractivity contribution is 0.0704. The van der Waals surface area contributed by atoms with Crippen LogP contribution in [0.25, 0.3) is 0 Å². The van der Waals surface area contributed by atoms with E-state index in [1.54, 1.807) is 0 Å². The van der Waals surface area contributed by atoms with Gasteiger partial charge in [-0.05, 0) is 55.4 Å². The van der Waals surface area contributed by atoms with Crippen LogP contribution in [0.15, 0.2) is 22.7 Å². The van der Waals surface area contributed by atoms with Gasteiger partial charge in [0, 0.05) is 30.5 Å². The van der Waals surface area contributed by atoms with Crippen LogP contribution >= 0.6 is 0 Å². The maximum atomic E-state index is 12.8. The van der Waals surface area contributed by atoms with Gasteiger partial charge in [-0.3, -0.25) is 4.79 Å². The summed E-state index contributed by atoms with van der Waals surface area (Å²) in [5.41, 5.74) is 3.60. The quantitative estimate of drug-likeness (QED) is 0.855. The number of nitrogens with zero attached hydrogens (tertiary/aromatic N) is 3. The Balaban J connectivity index is 1.40. The molecular formula is C20H25N3O2. The third kappa shape index (κ3) is 3.20. The average molecular weight is 339 g/mol. The molecule has 0 bridgehead atoms. The van der Waals surface area contributed by atoms with Gasteiger partial charge in [0.2, 0.25) is 5.89 Å². The van der Waals surface area contributed by atoms with Gasteiger partial charge in [-0.2, -0.15) is 4.98 Å². The van der Waals surface area contributed by atoms with Crippen molar-refractivity contribution in [2.45, 2.75) is 57.8 Å². The Morgan fingerprint density at radius 1 is 1.20 bits per heavy atom. The molecule has 1 aliphatic carbocycles. The van der Waals surface area contributed by atoms with Crippen molar-refractivity contribution in [3.8, 4) is 0 Å². The monoisotopic (exact) mass is 339 g/mol. The SMILES string of the molecule is CC(C)c1noc(C2CCN(C(=O)c3ccc4c(c3)CCC4)CC2)n1. The number of carbonyl (C=O) groups excluding carboxylic acids is 1. The van der Waals surface area contributed by atoms with Gasteiger partial charge in [-0.1, -0.05) is 25.1 Å². The molecule has 1 fully saturated rings. The smallest absolute Gasteiger partial charge is 0.253 e. The van der Waals surface area contributed by atoms with Gasteiger partial charge < -0.3 is 9.42 Å². The summed E-state index contributed by atoms with van der Waals surface area (Å²) in [7, 11) is 0. The minimum absolute atomic E-state index is 0.154. The highest BCUT2D eigenvalue weighted by Gasteiger charge is 2.28. The molecule has 2 aliphatic rings. The molecule has 5 heteroatoms. The van der Waals surface area contributed by atoms with Crippen LogP contribution in [-0.4, -0.2) is 34.0 Å². The highest BCUT2D eigenvalue weighted by molar-refractivity contribution is 5.94. The molecule has 2 heterocycles. The Morgan fingerprint density at radius 3 is 2.68 bits per heavy atom. The number of carbonyl (C=O) groups is 1. The van der Waals surface area contributed by atoms with E-state index >= 15 is 0 Å². The van der Waals surface area contributed by atoms with Crippen molar-refractivity contribution >= 4 is 5.91 Å². The van der Waals surface area contributed by atoms with Crippen molar-refractivity contribution in [1.82, 2.24) is 15.0 Å². The Bertz CT molecular complexity index is 773. The van der Waals surface area contributed by atoms with E-state index in [1.165, 1.54) is 17.5 Å².